The molecule has 1 aliphatic heterocycles. The summed E-state index contributed by atoms with van der Waals surface area (Å²) in [5.74, 6) is 0. The van der Waals surface area contributed by atoms with Gasteiger partial charge in [0.1, 0.15) is 0 Å². The number of likely N-dealkylation sites (tertiary alicyclic amines) is 1. The van der Waals surface area contributed by atoms with Crippen LogP contribution in [0.2, 0.25) is 0 Å². The highest BCUT2D eigenvalue weighted by Gasteiger charge is 2.34. The Bertz CT molecular complexity index is 191. The van der Waals surface area contributed by atoms with Gasteiger partial charge in [-0.15, -0.1) is 0 Å². The quantitative estimate of drug-likeness (QED) is 0.775. The van der Waals surface area contributed by atoms with E-state index in [4.69, 9.17) is 5.73 Å². The van der Waals surface area contributed by atoms with Crippen LogP contribution in [0, 0.1) is 0 Å². The minimum atomic E-state index is 0.461. The highest BCUT2D eigenvalue weighted by atomic mass is 15.2. The molecule has 2 fully saturated rings. The van der Waals surface area contributed by atoms with E-state index in [-0.39, 0.29) is 0 Å². The predicted molar refractivity (Wildman–Crippen MR) is 64.9 cm³/mol. The van der Waals surface area contributed by atoms with E-state index in [0.717, 1.165) is 6.04 Å². The van der Waals surface area contributed by atoms with Crippen LogP contribution in [0.15, 0.2) is 0 Å². The van der Waals surface area contributed by atoms with Crippen LogP contribution in [0.5, 0.6) is 0 Å². The Morgan fingerprint density at radius 1 is 1.13 bits per heavy atom. The summed E-state index contributed by atoms with van der Waals surface area (Å²) in [5, 5.41) is 0. The molecule has 2 nitrogen and oxygen atoms in total. The molecule has 0 aromatic rings. The third kappa shape index (κ3) is 2.54. The molecule has 88 valence electrons. The van der Waals surface area contributed by atoms with Crippen molar-refractivity contribution in [3.8, 4) is 0 Å². The fraction of sp³-hybridized carbons (Fsp3) is 1.00. The first-order valence-corrected chi connectivity index (χ1v) is 6.84. The van der Waals surface area contributed by atoms with Gasteiger partial charge in [0.05, 0.1) is 0 Å². The zero-order valence-corrected chi connectivity index (χ0v) is 10.1. The molecule has 1 aliphatic carbocycles. The van der Waals surface area contributed by atoms with E-state index >= 15 is 0 Å². The van der Waals surface area contributed by atoms with Gasteiger partial charge in [0, 0.05) is 18.1 Å². The third-order valence-electron chi connectivity index (χ3n) is 4.25. The van der Waals surface area contributed by atoms with E-state index in [1.165, 1.54) is 57.9 Å². The van der Waals surface area contributed by atoms with Crippen LogP contribution in [0.25, 0.3) is 0 Å². The van der Waals surface area contributed by atoms with Crippen molar-refractivity contribution in [2.75, 3.05) is 6.54 Å². The summed E-state index contributed by atoms with van der Waals surface area (Å²) in [4.78, 5) is 2.75. The normalized spacial score (nSPS) is 38.4. The molecule has 2 N–H and O–H groups in total. The summed E-state index contributed by atoms with van der Waals surface area (Å²) in [6.45, 7) is 3.62. The minimum absolute atomic E-state index is 0.461. The van der Waals surface area contributed by atoms with Crippen LogP contribution < -0.4 is 5.73 Å². The van der Waals surface area contributed by atoms with Crippen molar-refractivity contribution in [3.05, 3.63) is 0 Å². The average molecular weight is 210 g/mol. The molecular weight excluding hydrogens is 184 g/mol. The lowest BCUT2D eigenvalue weighted by Gasteiger charge is -2.41. The van der Waals surface area contributed by atoms with E-state index in [9.17, 15) is 0 Å². The van der Waals surface area contributed by atoms with Crippen LogP contribution in [0.1, 0.15) is 58.3 Å². The van der Waals surface area contributed by atoms with Crippen LogP contribution in [-0.4, -0.2) is 29.6 Å². The van der Waals surface area contributed by atoms with Crippen molar-refractivity contribution < 1.29 is 0 Å². The molecule has 0 aromatic carbocycles. The monoisotopic (exact) mass is 210 g/mol. The Morgan fingerprint density at radius 2 is 2.00 bits per heavy atom. The number of nitrogens with zero attached hydrogens (tertiary/aromatic N) is 1. The van der Waals surface area contributed by atoms with Crippen LogP contribution >= 0.6 is 0 Å². The Kier molecular flexibility index (Phi) is 4.04. The summed E-state index contributed by atoms with van der Waals surface area (Å²) in [5.41, 5.74) is 6.23. The summed E-state index contributed by atoms with van der Waals surface area (Å²) in [6.07, 6.45) is 10.9. The van der Waals surface area contributed by atoms with Crippen molar-refractivity contribution in [3.63, 3.8) is 0 Å². The molecule has 1 saturated heterocycles. The lowest BCUT2D eigenvalue weighted by molar-refractivity contribution is 0.0831. The standard InChI is InChI=1S/C13H26N2/c1-2-6-11-7-3-4-10-15(11)13-9-5-8-12(13)14/h11-13H,2-10,14H2,1H3. The SMILES string of the molecule is CCCC1CCCCN1C1CCCC1N. The van der Waals surface area contributed by atoms with Gasteiger partial charge in [-0.2, -0.15) is 0 Å². The fourth-order valence-corrected chi connectivity index (χ4v) is 3.48. The topological polar surface area (TPSA) is 29.3 Å². The van der Waals surface area contributed by atoms with Crippen molar-refractivity contribution in [2.24, 2.45) is 5.73 Å². The summed E-state index contributed by atoms with van der Waals surface area (Å²) in [6, 6.07) is 2.02. The number of hydrogen-bond acceptors (Lipinski definition) is 2. The molecular formula is C13H26N2. The maximum atomic E-state index is 6.23. The van der Waals surface area contributed by atoms with Crippen molar-refractivity contribution >= 4 is 0 Å². The summed E-state index contributed by atoms with van der Waals surface area (Å²) in [7, 11) is 0. The third-order valence-corrected chi connectivity index (χ3v) is 4.25. The van der Waals surface area contributed by atoms with Gasteiger partial charge in [0.2, 0.25) is 0 Å². The largest absolute Gasteiger partial charge is 0.326 e. The molecule has 1 heterocycles. The molecule has 2 aliphatic rings. The molecule has 0 spiro atoms. The molecule has 0 bridgehead atoms. The highest BCUT2D eigenvalue weighted by Crippen LogP contribution is 2.30. The smallest absolute Gasteiger partial charge is 0.0250 e. The maximum absolute atomic E-state index is 6.23. The molecule has 0 aromatic heterocycles. The van der Waals surface area contributed by atoms with E-state index < -0.39 is 0 Å². The van der Waals surface area contributed by atoms with Gasteiger partial charge < -0.3 is 5.73 Å². The first-order chi connectivity index (χ1) is 7.33. The Balaban J connectivity index is 1.97. The lowest BCUT2D eigenvalue weighted by atomic mass is 9.95. The summed E-state index contributed by atoms with van der Waals surface area (Å²) < 4.78 is 0. The fourth-order valence-electron chi connectivity index (χ4n) is 3.48. The maximum Gasteiger partial charge on any atom is 0.0250 e. The number of hydrogen-bond donors (Lipinski definition) is 1. The van der Waals surface area contributed by atoms with Crippen LogP contribution in [0.3, 0.4) is 0 Å². The molecule has 0 radical (unpaired) electrons. The van der Waals surface area contributed by atoms with Gasteiger partial charge in [0.25, 0.3) is 0 Å². The zero-order chi connectivity index (χ0) is 10.7. The van der Waals surface area contributed by atoms with Crippen molar-refractivity contribution in [1.29, 1.82) is 0 Å². The Morgan fingerprint density at radius 3 is 2.67 bits per heavy atom. The molecule has 15 heavy (non-hydrogen) atoms. The molecule has 0 amide bonds. The van der Waals surface area contributed by atoms with Crippen molar-refractivity contribution in [1.82, 2.24) is 4.90 Å². The second-order valence-electron chi connectivity index (χ2n) is 5.34. The van der Waals surface area contributed by atoms with Gasteiger partial charge in [-0.05, 0) is 38.6 Å². The van der Waals surface area contributed by atoms with E-state index in [1.54, 1.807) is 0 Å². The molecule has 3 unspecified atom stereocenters. The number of nitrogens with two attached hydrogens (primary N) is 1. The molecule has 2 heteroatoms. The van der Waals surface area contributed by atoms with E-state index in [0.29, 0.717) is 12.1 Å². The van der Waals surface area contributed by atoms with Gasteiger partial charge in [-0.3, -0.25) is 4.90 Å². The second-order valence-corrected chi connectivity index (χ2v) is 5.34. The van der Waals surface area contributed by atoms with Gasteiger partial charge >= 0.3 is 0 Å². The van der Waals surface area contributed by atoms with E-state index in [1.807, 2.05) is 0 Å². The van der Waals surface area contributed by atoms with Gasteiger partial charge in [0.15, 0.2) is 0 Å². The molecule has 2 rings (SSSR count). The molecule has 1 saturated carbocycles. The van der Waals surface area contributed by atoms with Crippen molar-refractivity contribution in [2.45, 2.75) is 76.4 Å². The number of rotatable bonds is 3. The molecule has 3 atom stereocenters. The van der Waals surface area contributed by atoms with Gasteiger partial charge in [-0.25, -0.2) is 0 Å². The highest BCUT2D eigenvalue weighted by molar-refractivity contribution is 4.92. The van der Waals surface area contributed by atoms with Gasteiger partial charge in [-0.1, -0.05) is 26.2 Å². The number of piperidine rings is 1. The first kappa shape index (κ1) is 11.4. The second kappa shape index (κ2) is 5.31. The van der Waals surface area contributed by atoms with E-state index in [2.05, 4.69) is 11.8 Å². The van der Waals surface area contributed by atoms with Crippen LogP contribution in [-0.2, 0) is 0 Å². The lowest BCUT2D eigenvalue weighted by Crippen LogP contribution is -2.51. The average Bonchev–Trinajstić information content (AvgIpc) is 2.66. The zero-order valence-electron chi connectivity index (χ0n) is 10.1. The Labute approximate surface area is 94.2 Å². The minimum Gasteiger partial charge on any atom is -0.326 e. The summed E-state index contributed by atoms with van der Waals surface area (Å²) >= 11 is 0. The van der Waals surface area contributed by atoms with Crippen LogP contribution in [0.4, 0.5) is 0 Å². The first-order valence-electron chi connectivity index (χ1n) is 6.84. The predicted octanol–water partition coefficient (Wildman–Crippen LogP) is 2.52. The Hall–Kier alpha value is -0.0800.